The Morgan fingerprint density at radius 1 is 0.857 bits per heavy atom. The molecule has 1 aromatic heterocycles. The number of anilines is 1. The summed E-state index contributed by atoms with van der Waals surface area (Å²) < 4.78 is 10.9. The zero-order valence-electron chi connectivity index (χ0n) is 28.7. The Labute approximate surface area is 288 Å². The number of amides is 1. The Hall–Kier alpha value is -5.15. The maximum atomic E-state index is 12.5. The van der Waals surface area contributed by atoms with Gasteiger partial charge in [-0.25, -0.2) is 9.59 Å². The van der Waals surface area contributed by atoms with E-state index >= 15 is 0 Å². The van der Waals surface area contributed by atoms with Crippen LogP contribution in [0.4, 0.5) is 10.5 Å². The Morgan fingerprint density at radius 2 is 1.59 bits per heavy atom. The molecule has 3 heterocycles. The van der Waals surface area contributed by atoms with Crippen molar-refractivity contribution in [1.82, 2.24) is 14.8 Å². The van der Waals surface area contributed by atoms with Crippen molar-refractivity contribution in [1.29, 1.82) is 0 Å². The number of carboxylic acid groups (broad SMARTS) is 1. The lowest BCUT2D eigenvalue weighted by Crippen LogP contribution is -2.46. The number of benzene rings is 3. The Kier molecular flexibility index (Phi) is 10.0. The number of hydrogen-bond donors (Lipinski definition) is 1. The summed E-state index contributed by atoms with van der Waals surface area (Å²) in [4.78, 5) is 36.0. The van der Waals surface area contributed by atoms with Gasteiger partial charge in [-0.2, -0.15) is 0 Å². The molecule has 3 aromatic carbocycles. The van der Waals surface area contributed by atoms with Crippen LogP contribution < -0.4 is 9.64 Å². The number of pyridine rings is 1. The summed E-state index contributed by atoms with van der Waals surface area (Å²) in [5.41, 5.74) is 7.48. The van der Waals surface area contributed by atoms with Gasteiger partial charge in [0.05, 0.1) is 30.3 Å². The van der Waals surface area contributed by atoms with Crippen LogP contribution in [-0.2, 0) is 11.3 Å². The summed E-state index contributed by atoms with van der Waals surface area (Å²) in [6.45, 7) is 11.1. The van der Waals surface area contributed by atoms with Gasteiger partial charge in [0, 0.05) is 51.4 Å². The van der Waals surface area contributed by atoms with Crippen LogP contribution in [0.15, 0.2) is 91.1 Å². The smallest absolute Gasteiger partial charge is 0.410 e. The van der Waals surface area contributed by atoms with Gasteiger partial charge >= 0.3 is 12.1 Å². The monoisotopic (exact) mass is 660 g/mol. The SMILES string of the molecule is COc1cccc(CN2CCN(c3ccc(-c4ccc(-c5ccc(C(=O)O)c(C6=CCN(C(=O)OC(C)(C)C)CC6)c5)cc4)nc3)CC2)c1. The average Bonchev–Trinajstić information content (AvgIpc) is 3.11. The number of methoxy groups -OCH3 is 1. The zero-order valence-corrected chi connectivity index (χ0v) is 28.7. The van der Waals surface area contributed by atoms with Crippen molar-refractivity contribution in [2.24, 2.45) is 0 Å². The van der Waals surface area contributed by atoms with Crippen molar-refractivity contribution in [2.75, 3.05) is 51.3 Å². The van der Waals surface area contributed by atoms with Crippen molar-refractivity contribution < 1.29 is 24.2 Å². The second-order valence-electron chi connectivity index (χ2n) is 13.6. The molecule has 0 unspecified atom stereocenters. The first-order valence-electron chi connectivity index (χ1n) is 16.8. The van der Waals surface area contributed by atoms with E-state index in [9.17, 15) is 14.7 Å². The molecular weight excluding hydrogens is 616 g/mol. The Balaban J connectivity index is 1.10. The number of rotatable bonds is 8. The molecule has 6 rings (SSSR count). The maximum absolute atomic E-state index is 12.5. The molecule has 0 bridgehead atoms. The number of aromatic carboxylic acids is 1. The van der Waals surface area contributed by atoms with Crippen LogP contribution in [0.3, 0.4) is 0 Å². The van der Waals surface area contributed by atoms with E-state index < -0.39 is 11.6 Å². The van der Waals surface area contributed by atoms with Gasteiger partial charge in [-0.05, 0) is 91.4 Å². The predicted octanol–water partition coefficient (Wildman–Crippen LogP) is 7.47. The number of piperazine rings is 1. The summed E-state index contributed by atoms with van der Waals surface area (Å²) >= 11 is 0. The number of aromatic nitrogens is 1. The van der Waals surface area contributed by atoms with Gasteiger partial charge in [-0.1, -0.05) is 48.5 Å². The van der Waals surface area contributed by atoms with Gasteiger partial charge in [0.15, 0.2) is 0 Å². The average molecular weight is 661 g/mol. The molecule has 0 aliphatic carbocycles. The minimum atomic E-state index is -0.975. The van der Waals surface area contributed by atoms with E-state index in [2.05, 4.69) is 46.2 Å². The highest BCUT2D eigenvalue weighted by molar-refractivity contribution is 5.95. The van der Waals surface area contributed by atoms with Crippen LogP contribution in [-0.4, -0.2) is 83.9 Å². The first kappa shape index (κ1) is 33.7. The highest BCUT2D eigenvalue weighted by atomic mass is 16.6. The lowest BCUT2D eigenvalue weighted by atomic mass is 9.91. The largest absolute Gasteiger partial charge is 0.497 e. The summed E-state index contributed by atoms with van der Waals surface area (Å²) in [6.07, 6.45) is 4.07. The van der Waals surface area contributed by atoms with Crippen LogP contribution in [0.2, 0.25) is 0 Å². The van der Waals surface area contributed by atoms with E-state index in [-0.39, 0.29) is 11.7 Å². The highest BCUT2D eigenvalue weighted by Gasteiger charge is 2.25. The van der Waals surface area contributed by atoms with Gasteiger partial charge in [0.25, 0.3) is 0 Å². The normalized spacial score (nSPS) is 15.5. The second kappa shape index (κ2) is 14.5. The van der Waals surface area contributed by atoms with E-state index in [0.29, 0.717) is 25.1 Å². The molecule has 4 aromatic rings. The number of carbonyl (C=O) groups excluding carboxylic acids is 1. The van der Waals surface area contributed by atoms with Crippen LogP contribution in [0.1, 0.15) is 48.7 Å². The third kappa shape index (κ3) is 8.29. The third-order valence-electron chi connectivity index (χ3n) is 9.00. The van der Waals surface area contributed by atoms with Crippen molar-refractivity contribution in [3.8, 4) is 28.1 Å². The molecule has 0 atom stereocenters. The first-order chi connectivity index (χ1) is 23.6. The standard InChI is InChI=1S/C40H44N4O5/c1-40(2,3)49-39(47)44-18-16-30(17-19-44)36-25-32(12-14-35(36)38(45)46)29-8-10-31(11-9-29)37-15-13-33(26-41-37)43-22-20-42(21-23-43)27-28-6-5-7-34(24-28)48-4/h5-16,24-26H,17-23,27H2,1-4H3,(H,45,46). The number of ether oxygens (including phenoxy) is 2. The molecule has 1 amide bonds. The van der Waals surface area contributed by atoms with E-state index in [0.717, 1.165) is 72.1 Å². The lowest BCUT2D eigenvalue weighted by molar-refractivity contribution is 0.0270. The van der Waals surface area contributed by atoms with Crippen molar-refractivity contribution in [3.05, 3.63) is 108 Å². The lowest BCUT2D eigenvalue weighted by Gasteiger charge is -2.36. The molecule has 0 saturated carbocycles. The summed E-state index contributed by atoms with van der Waals surface area (Å²) in [6, 6.07) is 26.1. The van der Waals surface area contributed by atoms with Gasteiger partial charge < -0.3 is 24.4 Å². The molecule has 49 heavy (non-hydrogen) atoms. The van der Waals surface area contributed by atoms with Crippen LogP contribution >= 0.6 is 0 Å². The minimum Gasteiger partial charge on any atom is -0.497 e. The fourth-order valence-electron chi connectivity index (χ4n) is 6.35. The van der Waals surface area contributed by atoms with Gasteiger partial charge in [0.2, 0.25) is 0 Å². The second-order valence-corrected chi connectivity index (χ2v) is 13.6. The van der Waals surface area contributed by atoms with Gasteiger partial charge in [-0.3, -0.25) is 9.88 Å². The van der Waals surface area contributed by atoms with E-state index in [4.69, 9.17) is 14.5 Å². The molecule has 2 aliphatic rings. The van der Waals surface area contributed by atoms with E-state index in [1.807, 2.05) is 69.4 Å². The number of carbonyl (C=O) groups is 2. The molecule has 1 N–H and O–H groups in total. The summed E-state index contributed by atoms with van der Waals surface area (Å²) in [5.74, 6) is -0.0826. The maximum Gasteiger partial charge on any atom is 0.410 e. The molecule has 2 aliphatic heterocycles. The van der Waals surface area contributed by atoms with Crippen molar-refractivity contribution >= 4 is 23.3 Å². The highest BCUT2D eigenvalue weighted by Crippen LogP contribution is 2.32. The fourth-order valence-corrected chi connectivity index (χ4v) is 6.35. The summed E-state index contributed by atoms with van der Waals surface area (Å²) in [5, 5.41) is 9.95. The zero-order chi connectivity index (χ0) is 34.5. The number of nitrogens with zero attached hydrogens (tertiary/aromatic N) is 4. The summed E-state index contributed by atoms with van der Waals surface area (Å²) in [7, 11) is 1.70. The topological polar surface area (TPSA) is 95.4 Å². The molecule has 1 saturated heterocycles. The van der Waals surface area contributed by atoms with Gasteiger partial charge in [0.1, 0.15) is 11.4 Å². The quantitative estimate of drug-likeness (QED) is 0.208. The minimum absolute atomic E-state index is 0.250. The van der Waals surface area contributed by atoms with E-state index in [1.54, 1.807) is 18.1 Å². The Bertz CT molecular complexity index is 1820. The first-order valence-corrected chi connectivity index (χ1v) is 16.8. The molecule has 0 radical (unpaired) electrons. The Morgan fingerprint density at radius 3 is 2.22 bits per heavy atom. The molecular formula is C40H44N4O5. The fraction of sp³-hybridized carbons (Fsp3) is 0.325. The third-order valence-corrected chi connectivity index (χ3v) is 9.00. The number of hydrogen-bond acceptors (Lipinski definition) is 7. The predicted molar refractivity (Wildman–Crippen MR) is 193 cm³/mol. The molecule has 254 valence electrons. The molecule has 9 heteroatoms. The van der Waals surface area contributed by atoms with Crippen LogP contribution in [0, 0.1) is 0 Å². The van der Waals surface area contributed by atoms with Gasteiger partial charge in [-0.15, -0.1) is 0 Å². The number of carboxylic acids is 1. The van der Waals surface area contributed by atoms with Crippen LogP contribution in [0.5, 0.6) is 5.75 Å². The molecule has 9 nitrogen and oxygen atoms in total. The van der Waals surface area contributed by atoms with E-state index in [1.165, 1.54) is 5.56 Å². The van der Waals surface area contributed by atoms with Crippen LogP contribution in [0.25, 0.3) is 28.0 Å². The van der Waals surface area contributed by atoms with Crippen molar-refractivity contribution in [2.45, 2.75) is 39.3 Å². The molecule has 1 fully saturated rings. The molecule has 0 spiro atoms. The van der Waals surface area contributed by atoms with Crippen molar-refractivity contribution in [3.63, 3.8) is 0 Å².